The highest BCUT2D eigenvalue weighted by molar-refractivity contribution is 7.13. The summed E-state index contributed by atoms with van der Waals surface area (Å²) in [6, 6.07) is 5.28. The lowest BCUT2D eigenvalue weighted by atomic mass is 10.3. The average Bonchev–Trinajstić information content (AvgIpc) is 3.23. The Morgan fingerprint density at radius 1 is 1.36 bits per heavy atom. The second kappa shape index (κ2) is 6.61. The van der Waals surface area contributed by atoms with Gasteiger partial charge in [-0.05, 0) is 24.3 Å². The maximum absolute atomic E-state index is 11.8. The number of nitrogens with zero attached hydrogens (tertiary/aromatic N) is 2. The van der Waals surface area contributed by atoms with Crippen LogP contribution in [0.1, 0.15) is 12.8 Å². The molecule has 0 saturated carbocycles. The van der Waals surface area contributed by atoms with Crippen molar-refractivity contribution in [1.29, 1.82) is 0 Å². The summed E-state index contributed by atoms with van der Waals surface area (Å²) < 4.78 is 5.17. The monoisotopic (exact) mass is 320 g/mol. The van der Waals surface area contributed by atoms with Gasteiger partial charge in [0.05, 0.1) is 11.4 Å². The van der Waals surface area contributed by atoms with Gasteiger partial charge < -0.3 is 20.1 Å². The molecule has 22 heavy (non-hydrogen) atoms. The van der Waals surface area contributed by atoms with Crippen LogP contribution < -0.4 is 10.6 Å². The summed E-state index contributed by atoms with van der Waals surface area (Å²) in [7, 11) is 0. The van der Waals surface area contributed by atoms with Crippen molar-refractivity contribution < 1.29 is 14.1 Å². The number of carbonyl (C=O) groups excluding carboxylic acids is 2. The average molecular weight is 320 g/mol. The normalized spacial score (nSPS) is 14.1. The van der Waals surface area contributed by atoms with Gasteiger partial charge in [-0.15, -0.1) is 11.3 Å². The first-order valence-corrected chi connectivity index (χ1v) is 7.93. The first-order chi connectivity index (χ1) is 10.7. The third-order valence-corrected chi connectivity index (χ3v) is 4.22. The molecule has 3 rings (SSSR count). The fourth-order valence-corrected chi connectivity index (χ4v) is 2.92. The smallest absolute Gasteiger partial charge is 0.317 e. The molecule has 7 nitrogen and oxygen atoms in total. The van der Waals surface area contributed by atoms with Crippen molar-refractivity contribution in [3.05, 3.63) is 23.6 Å². The minimum absolute atomic E-state index is 0.0868. The summed E-state index contributed by atoms with van der Waals surface area (Å²) in [6.45, 7) is 1.42. The Labute approximate surface area is 131 Å². The summed E-state index contributed by atoms with van der Waals surface area (Å²) in [5, 5.41) is 10.9. The molecular formula is C14H16N4O3S. The fourth-order valence-electron chi connectivity index (χ4n) is 2.24. The zero-order valence-corrected chi connectivity index (χ0v) is 12.7. The lowest BCUT2D eigenvalue weighted by Gasteiger charge is -2.15. The fraction of sp³-hybridized carbons (Fsp3) is 0.357. The Morgan fingerprint density at radius 3 is 2.91 bits per heavy atom. The zero-order valence-electron chi connectivity index (χ0n) is 11.9. The molecule has 1 fully saturated rings. The number of hydrogen-bond acceptors (Lipinski definition) is 5. The van der Waals surface area contributed by atoms with Gasteiger partial charge in [-0.1, -0.05) is 11.2 Å². The van der Waals surface area contributed by atoms with E-state index in [1.165, 1.54) is 11.3 Å². The Kier molecular flexibility index (Phi) is 4.38. The van der Waals surface area contributed by atoms with Crippen LogP contribution in [0.5, 0.6) is 0 Å². The first kappa shape index (κ1) is 14.6. The lowest BCUT2D eigenvalue weighted by molar-refractivity contribution is -0.115. The van der Waals surface area contributed by atoms with Gasteiger partial charge in [-0.3, -0.25) is 4.79 Å². The van der Waals surface area contributed by atoms with E-state index in [1.807, 2.05) is 17.5 Å². The second-order valence-electron chi connectivity index (χ2n) is 4.95. The molecule has 8 heteroatoms. The predicted molar refractivity (Wildman–Crippen MR) is 82.7 cm³/mol. The summed E-state index contributed by atoms with van der Waals surface area (Å²) in [5.41, 5.74) is 0. The Balaban J connectivity index is 1.48. The first-order valence-electron chi connectivity index (χ1n) is 7.05. The predicted octanol–water partition coefficient (Wildman–Crippen LogP) is 2.15. The van der Waals surface area contributed by atoms with E-state index in [4.69, 9.17) is 4.52 Å². The van der Waals surface area contributed by atoms with Crippen LogP contribution in [-0.2, 0) is 4.79 Å². The highest BCUT2D eigenvalue weighted by Crippen LogP contribution is 2.26. The van der Waals surface area contributed by atoms with Crippen LogP contribution in [0.15, 0.2) is 28.1 Å². The number of urea groups is 1. The molecule has 3 heterocycles. The van der Waals surface area contributed by atoms with Gasteiger partial charge in [0.15, 0.2) is 11.6 Å². The number of hydrogen-bond donors (Lipinski definition) is 2. The summed E-state index contributed by atoms with van der Waals surface area (Å²) >= 11 is 1.53. The van der Waals surface area contributed by atoms with E-state index in [9.17, 15) is 9.59 Å². The van der Waals surface area contributed by atoms with Crippen LogP contribution in [-0.4, -0.2) is 41.6 Å². The molecule has 0 radical (unpaired) electrons. The minimum atomic E-state index is -0.335. The van der Waals surface area contributed by atoms with Gasteiger partial charge in [0.1, 0.15) is 0 Å². The SMILES string of the molecule is O=C(CNC(=O)N1CCCC1)Nc1cc(-c2cccs2)on1. The van der Waals surface area contributed by atoms with E-state index in [-0.39, 0.29) is 18.5 Å². The number of amides is 3. The van der Waals surface area contributed by atoms with Gasteiger partial charge in [0.25, 0.3) is 0 Å². The third-order valence-electron chi connectivity index (χ3n) is 3.34. The standard InChI is InChI=1S/C14H16N4O3S/c19-13(9-15-14(20)18-5-1-2-6-18)16-12-8-10(21-17-12)11-4-3-7-22-11/h3-4,7-8H,1-2,5-6,9H2,(H,15,20)(H,16,17,19). The van der Waals surface area contributed by atoms with Crippen molar-refractivity contribution in [2.75, 3.05) is 25.0 Å². The Bertz CT molecular complexity index is 647. The number of nitrogens with one attached hydrogen (secondary N) is 2. The lowest BCUT2D eigenvalue weighted by Crippen LogP contribution is -2.41. The molecule has 1 aliphatic rings. The molecule has 0 aromatic carbocycles. The van der Waals surface area contributed by atoms with Crippen molar-refractivity contribution in [3.63, 3.8) is 0 Å². The quantitative estimate of drug-likeness (QED) is 0.903. The molecule has 0 aliphatic carbocycles. The topological polar surface area (TPSA) is 87.5 Å². The van der Waals surface area contributed by atoms with Gasteiger partial charge in [-0.25, -0.2) is 4.79 Å². The number of rotatable bonds is 4. The highest BCUT2D eigenvalue weighted by atomic mass is 32.1. The van der Waals surface area contributed by atoms with Gasteiger partial charge in [0.2, 0.25) is 5.91 Å². The van der Waals surface area contributed by atoms with E-state index in [0.29, 0.717) is 11.6 Å². The second-order valence-corrected chi connectivity index (χ2v) is 5.90. The molecule has 0 atom stereocenters. The van der Waals surface area contributed by atoms with Gasteiger partial charge in [0, 0.05) is 19.2 Å². The Morgan fingerprint density at radius 2 is 2.18 bits per heavy atom. The minimum Gasteiger partial charge on any atom is -0.353 e. The third kappa shape index (κ3) is 3.45. The van der Waals surface area contributed by atoms with Crippen molar-refractivity contribution in [3.8, 4) is 10.6 Å². The largest absolute Gasteiger partial charge is 0.353 e. The maximum Gasteiger partial charge on any atom is 0.317 e. The van der Waals surface area contributed by atoms with E-state index >= 15 is 0 Å². The van der Waals surface area contributed by atoms with Crippen LogP contribution >= 0.6 is 11.3 Å². The molecular weight excluding hydrogens is 304 g/mol. The van der Waals surface area contributed by atoms with Crippen molar-refractivity contribution in [1.82, 2.24) is 15.4 Å². The zero-order chi connectivity index (χ0) is 15.4. The summed E-state index contributed by atoms with van der Waals surface area (Å²) in [4.78, 5) is 26.2. The van der Waals surface area contributed by atoms with E-state index in [1.54, 1.807) is 11.0 Å². The van der Waals surface area contributed by atoms with Gasteiger partial charge in [-0.2, -0.15) is 0 Å². The van der Waals surface area contributed by atoms with Gasteiger partial charge >= 0.3 is 6.03 Å². The number of carbonyl (C=O) groups is 2. The van der Waals surface area contributed by atoms with Crippen LogP contribution in [0, 0.1) is 0 Å². The number of thiophene rings is 1. The van der Waals surface area contributed by atoms with Crippen molar-refractivity contribution in [2.24, 2.45) is 0 Å². The molecule has 0 spiro atoms. The summed E-state index contributed by atoms with van der Waals surface area (Å²) in [6.07, 6.45) is 2.04. The van der Waals surface area contributed by atoms with E-state index in [2.05, 4.69) is 15.8 Å². The Hall–Kier alpha value is -2.35. The van der Waals surface area contributed by atoms with E-state index < -0.39 is 0 Å². The molecule has 2 aromatic heterocycles. The van der Waals surface area contributed by atoms with Crippen LogP contribution in [0.25, 0.3) is 10.6 Å². The molecule has 1 saturated heterocycles. The molecule has 2 aromatic rings. The number of aromatic nitrogens is 1. The van der Waals surface area contributed by atoms with Crippen LogP contribution in [0.4, 0.5) is 10.6 Å². The molecule has 2 N–H and O–H groups in total. The molecule has 116 valence electrons. The van der Waals surface area contributed by atoms with Crippen molar-refractivity contribution in [2.45, 2.75) is 12.8 Å². The van der Waals surface area contributed by atoms with Crippen LogP contribution in [0.3, 0.4) is 0 Å². The van der Waals surface area contributed by atoms with Crippen molar-refractivity contribution >= 4 is 29.1 Å². The van der Waals surface area contributed by atoms with Crippen LogP contribution in [0.2, 0.25) is 0 Å². The maximum atomic E-state index is 11.8. The molecule has 3 amide bonds. The molecule has 0 unspecified atom stereocenters. The van der Waals surface area contributed by atoms with E-state index in [0.717, 1.165) is 30.8 Å². The number of anilines is 1. The highest BCUT2D eigenvalue weighted by Gasteiger charge is 2.18. The summed E-state index contributed by atoms with van der Waals surface area (Å²) in [5.74, 6) is 0.605. The molecule has 0 bridgehead atoms. The molecule has 1 aliphatic heterocycles. The number of likely N-dealkylation sites (tertiary alicyclic amines) is 1.